The Balaban J connectivity index is 2.98. The Morgan fingerprint density at radius 3 is 2.00 bits per heavy atom. The highest BCUT2D eigenvalue weighted by molar-refractivity contribution is 5.68. The van der Waals surface area contributed by atoms with E-state index in [1.54, 1.807) is 0 Å². The first-order valence-electron chi connectivity index (χ1n) is 6.08. The van der Waals surface area contributed by atoms with Crippen LogP contribution in [0.25, 0.3) is 0 Å². The number of carbonyl (C=O) groups is 4. The Morgan fingerprint density at radius 1 is 1.00 bits per heavy atom. The van der Waals surface area contributed by atoms with Crippen LogP contribution < -0.4 is 0 Å². The number of rotatable bonds is 4. The normalized spacial score (nSPS) is 25.6. The van der Waals surface area contributed by atoms with Crippen LogP contribution in [-0.2, 0) is 33.4 Å². The van der Waals surface area contributed by atoms with Crippen molar-refractivity contribution in [3.05, 3.63) is 0 Å². The van der Waals surface area contributed by atoms with E-state index >= 15 is 0 Å². The van der Waals surface area contributed by atoms with Gasteiger partial charge in [-0.05, 0) is 0 Å². The number of ether oxygens (including phenoxy) is 3. The summed E-state index contributed by atoms with van der Waals surface area (Å²) >= 11 is 0. The molecule has 8 nitrogen and oxygen atoms in total. The van der Waals surface area contributed by atoms with Gasteiger partial charge in [0.05, 0.1) is 0 Å². The maximum atomic E-state index is 11.2. The quantitative estimate of drug-likeness (QED) is 0.394. The predicted octanol–water partition coefficient (Wildman–Crippen LogP) is -0.399. The summed E-state index contributed by atoms with van der Waals surface area (Å²) in [5.74, 6) is -1.81. The number of piperidine rings is 1. The number of hydrogen-bond donors (Lipinski definition) is 0. The highest BCUT2D eigenvalue weighted by Crippen LogP contribution is 2.24. The van der Waals surface area contributed by atoms with Crippen molar-refractivity contribution in [2.75, 3.05) is 6.54 Å². The monoisotopic (exact) mass is 287 g/mol. The lowest BCUT2D eigenvalue weighted by Gasteiger charge is -2.41. The topological polar surface area (TPSA) is 99.2 Å². The summed E-state index contributed by atoms with van der Waals surface area (Å²) in [7, 11) is 0. The molecule has 112 valence electrons. The fourth-order valence-corrected chi connectivity index (χ4v) is 2.02. The van der Waals surface area contributed by atoms with E-state index in [-0.39, 0.29) is 13.0 Å². The third kappa shape index (κ3) is 4.22. The molecule has 0 aromatic carbocycles. The van der Waals surface area contributed by atoms with Crippen molar-refractivity contribution in [1.29, 1.82) is 0 Å². The van der Waals surface area contributed by atoms with Crippen LogP contribution >= 0.6 is 0 Å². The van der Waals surface area contributed by atoms with Crippen LogP contribution in [0, 0.1) is 0 Å². The number of nitrogens with zero attached hydrogens (tertiary/aromatic N) is 1. The summed E-state index contributed by atoms with van der Waals surface area (Å²) in [4.78, 5) is 45.5. The molecule has 1 aliphatic heterocycles. The van der Waals surface area contributed by atoms with Gasteiger partial charge in [0, 0.05) is 33.7 Å². The third-order valence-corrected chi connectivity index (χ3v) is 2.69. The minimum Gasteiger partial charge on any atom is -0.458 e. The van der Waals surface area contributed by atoms with E-state index in [4.69, 9.17) is 14.2 Å². The molecular weight excluding hydrogens is 270 g/mol. The molecule has 1 amide bonds. The van der Waals surface area contributed by atoms with Gasteiger partial charge in [0.1, 0.15) is 6.10 Å². The van der Waals surface area contributed by atoms with E-state index in [2.05, 4.69) is 0 Å². The van der Waals surface area contributed by atoms with Crippen LogP contribution in [-0.4, -0.2) is 54.2 Å². The van der Waals surface area contributed by atoms with Crippen LogP contribution in [0.1, 0.15) is 27.2 Å². The molecule has 0 saturated carbocycles. The van der Waals surface area contributed by atoms with E-state index in [1.165, 1.54) is 25.7 Å². The largest absolute Gasteiger partial charge is 0.458 e. The van der Waals surface area contributed by atoms with Gasteiger partial charge in [0.25, 0.3) is 0 Å². The van der Waals surface area contributed by atoms with Crippen molar-refractivity contribution in [3.8, 4) is 0 Å². The standard InChI is InChI=1S/C12H17NO7/c1-7(15)18-10-4-5-13(6-14)12(20-9(3)17)11(10)19-8(2)16/h6,10-12H,4-5H2,1-3H3. The van der Waals surface area contributed by atoms with Crippen LogP contribution in [0.5, 0.6) is 0 Å². The molecule has 0 bridgehead atoms. The molecule has 0 aliphatic carbocycles. The van der Waals surface area contributed by atoms with Crippen LogP contribution in [0.3, 0.4) is 0 Å². The molecule has 1 fully saturated rings. The van der Waals surface area contributed by atoms with E-state index in [9.17, 15) is 19.2 Å². The van der Waals surface area contributed by atoms with Gasteiger partial charge in [-0.3, -0.25) is 19.2 Å². The second-order valence-corrected chi connectivity index (χ2v) is 4.35. The molecule has 0 aromatic rings. The van der Waals surface area contributed by atoms with Gasteiger partial charge in [0.15, 0.2) is 6.10 Å². The van der Waals surface area contributed by atoms with E-state index in [1.807, 2.05) is 0 Å². The van der Waals surface area contributed by atoms with Crippen LogP contribution in [0.2, 0.25) is 0 Å². The SMILES string of the molecule is CC(=O)OC1CCN(C=O)C(OC(C)=O)C1OC(C)=O. The molecule has 1 heterocycles. The highest BCUT2D eigenvalue weighted by atomic mass is 16.6. The van der Waals surface area contributed by atoms with Crippen LogP contribution in [0.15, 0.2) is 0 Å². The number of esters is 3. The molecule has 0 radical (unpaired) electrons. The highest BCUT2D eigenvalue weighted by Gasteiger charge is 2.44. The van der Waals surface area contributed by atoms with Crippen LogP contribution in [0.4, 0.5) is 0 Å². The van der Waals surface area contributed by atoms with Gasteiger partial charge in [-0.25, -0.2) is 0 Å². The van der Waals surface area contributed by atoms with Crippen molar-refractivity contribution in [1.82, 2.24) is 4.90 Å². The Kier molecular flexibility index (Phi) is 5.48. The Morgan fingerprint density at radius 2 is 1.55 bits per heavy atom. The summed E-state index contributed by atoms with van der Waals surface area (Å²) in [5, 5.41) is 0. The fraction of sp³-hybridized carbons (Fsp3) is 0.667. The molecule has 1 rings (SSSR count). The zero-order valence-electron chi connectivity index (χ0n) is 11.5. The average Bonchev–Trinajstić information content (AvgIpc) is 2.31. The van der Waals surface area contributed by atoms with E-state index in [0.29, 0.717) is 6.41 Å². The summed E-state index contributed by atoms with van der Waals surface area (Å²) in [6, 6.07) is 0. The lowest BCUT2D eigenvalue weighted by atomic mass is 10.0. The number of hydrogen-bond acceptors (Lipinski definition) is 7. The van der Waals surface area contributed by atoms with Gasteiger partial charge in [-0.1, -0.05) is 0 Å². The maximum Gasteiger partial charge on any atom is 0.304 e. The first kappa shape index (κ1) is 15.9. The number of carbonyl (C=O) groups excluding carboxylic acids is 4. The first-order valence-corrected chi connectivity index (χ1v) is 6.08. The zero-order valence-corrected chi connectivity index (χ0v) is 11.5. The lowest BCUT2D eigenvalue weighted by Crippen LogP contribution is -2.58. The van der Waals surface area contributed by atoms with Crippen molar-refractivity contribution in [2.24, 2.45) is 0 Å². The zero-order chi connectivity index (χ0) is 15.3. The molecule has 20 heavy (non-hydrogen) atoms. The minimum atomic E-state index is -1.10. The molecule has 1 saturated heterocycles. The molecule has 0 N–H and O–H groups in total. The second kappa shape index (κ2) is 6.88. The summed E-state index contributed by atoms with van der Waals surface area (Å²) in [6.07, 6.45) is -2.13. The first-order chi connectivity index (χ1) is 9.35. The van der Waals surface area contributed by atoms with Gasteiger partial charge in [0.2, 0.25) is 12.6 Å². The molecule has 8 heteroatoms. The van der Waals surface area contributed by atoms with Gasteiger partial charge < -0.3 is 19.1 Å². The average molecular weight is 287 g/mol. The van der Waals surface area contributed by atoms with Crippen molar-refractivity contribution in [3.63, 3.8) is 0 Å². The van der Waals surface area contributed by atoms with Crippen molar-refractivity contribution < 1.29 is 33.4 Å². The predicted molar refractivity (Wildman–Crippen MR) is 64.0 cm³/mol. The van der Waals surface area contributed by atoms with Gasteiger partial charge >= 0.3 is 17.9 Å². The third-order valence-electron chi connectivity index (χ3n) is 2.69. The maximum absolute atomic E-state index is 11.2. The van der Waals surface area contributed by atoms with Gasteiger partial charge in [-0.15, -0.1) is 0 Å². The summed E-state index contributed by atoms with van der Waals surface area (Å²) in [6.45, 7) is 3.79. The summed E-state index contributed by atoms with van der Waals surface area (Å²) < 4.78 is 15.1. The summed E-state index contributed by atoms with van der Waals surface area (Å²) in [5.41, 5.74) is 0. The molecule has 3 atom stereocenters. The smallest absolute Gasteiger partial charge is 0.304 e. The molecular formula is C12H17NO7. The van der Waals surface area contributed by atoms with Crippen molar-refractivity contribution >= 4 is 24.3 Å². The molecule has 3 unspecified atom stereocenters. The number of likely N-dealkylation sites (tertiary alicyclic amines) is 1. The number of amides is 1. The minimum absolute atomic E-state index is 0.219. The Hall–Kier alpha value is -2.12. The van der Waals surface area contributed by atoms with Crippen molar-refractivity contribution in [2.45, 2.75) is 45.6 Å². The fourth-order valence-electron chi connectivity index (χ4n) is 2.02. The molecule has 1 aliphatic rings. The lowest BCUT2D eigenvalue weighted by molar-refractivity contribution is -0.210. The van der Waals surface area contributed by atoms with E-state index < -0.39 is 36.3 Å². The Bertz CT molecular complexity index is 409. The second-order valence-electron chi connectivity index (χ2n) is 4.35. The molecule has 0 spiro atoms. The molecule has 0 aromatic heterocycles. The van der Waals surface area contributed by atoms with E-state index in [0.717, 1.165) is 0 Å². The Labute approximate surface area is 115 Å². The van der Waals surface area contributed by atoms with Gasteiger partial charge in [-0.2, -0.15) is 0 Å².